The van der Waals surface area contributed by atoms with Gasteiger partial charge in [0.25, 0.3) is 0 Å². The van der Waals surface area contributed by atoms with Crippen LogP contribution in [0.2, 0.25) is 0 Å². The minimum atomic E-state index is 0.729. The number of nitrogens with two attached hydrogens (primary N) is 1. The Morgan fingerprint density at radius 3 is 2.81 bits per heavy atom. The highest BCUT2D eigenvalue weighted by atomic mass is 15.1. The Labute approximate surface area is 154 Å². The van der Waals surface area contributed by atoms with E-state index in [0.29, 0.717) is 0 Å². The molecule has 0 saturated heterocycles. The molecule has 26 heavy (non-hydrogen) atoms. The maximum atomic E-state index is 7.59. The van der Waals surface area contributed by atoms with Gasteiger partial charge >= 0.3 is 0 Å². The smallest absolute Gasteiger partial charge is 0.0535 e. The van der Waals surface area contributed by atoms with Gasteiger partial charge in [0.15, 0.2) is 0 Å². The molecule has 0 atom stereocenters. The van der Waals surface area contributed by atoms with Gasteiger partial charge < -0.3 is 20.6 Å². The predicted molar refractivity (Wildman–Crippen MR) is 109 cm³/mol. The van der Waals surface area contributed by atoms with Gasteiger partial charge in [-0.1, -0.05) is 23.8 Å². The lowest BCUT2D eigenvalue weighted by Gasteiger charge is -2.24. The van der Waals surface area contributed by atoms with Crippen molar-refractivity contribution in [3.63, 3.8) is 0 Å². The fourth-order valence-electron chi connectivity index (χ4n) is 3.95. The molecule has 2 heterocycles. The van der Waals surface area contributed by atoms with E-state index in [0.717, 1.165) is 36.3 Å². The molecule has 4 nitrogen and oxygen atoms in total. The van der Waals surface area contributed by atoms with Crippen LogP contribution in [0, 0.1) is 12.3 Å². The van der Waals surface area contributed by atoms with Crippen LogP contribution < -0.4 is 5.73 Å². The summed E-state index contributed by atoms with van der Waals surface area (Å²) in [5, 5.41) is 8.93. The van der Waals surface area contributed by atoms with Crippen LogP contribution in [0.25, 0.3) is 22.2 Å². The van der Waals surface area contributed by atoms with E-state index in [1.165, 1.54) is 40.1 Å². The van der Waals surface area contributed by atoms with Crippen molar-refractivity contribution in [3.05, 3.63) is 71.0 Å². The first kappa shape index (κ1) is 16.6. The van der Waals surface area contributed by atoms with E-state index in [9.17, 15) is 0 Å². The first-order valence-electron chi connectivity index (χ1n) is 8.97. The maximum absolute atomic E-state index is 7.59. The summed E-state index contributed by atoms with van der Waals surface area (Å²) < 4.78 is 2.39. The van der Waals surface area contributed by atoms with Crippen molar-refractivity contribution in [2.24, 2.45) is 5.73 Å². The summed E-state index contributed by atoms with van der Waals surface area (Å²) in [5.41, 5.74) is 13.9. The molecule has 132 valence electrons. The van der Waals surface area contributed by atoms with Gasteiger partial charge in [-0.15, -0.1) is 0 Å². The minimum Gasteiger partial charge on any atom is -0.404 e. The molecular weight excluding hydrogens is 320 g/mol. The number of fused-ring (bicyclic) bond motifs is 3. The topological polar surface area (TPSA) is 58.0 Å². The molecular formula is C22H24N4. The number of nitrogens with one attached hydrogen (secondary N) is 1. The molecule has 4 rings (SSSR count). The summed E-state index contributed by atoms with van der Waals surface area (Å²) in [6.07, 6.45) is 3.84. The Kier molecular flexibility index (Phi) is 4.13. The molecule has 0 unspecified atom stereocenters. The zero-order chi connectivity index (χ0) is 18.3. The van der Waals surface area contributed by atoms with Crippen molar-refractivity contribution in [3.8, 4) is 5.69 Å². The molecule has 3 N–H and O–H groups in total. The summed E-state index contributed by atoms with van der Waals surface area (Å²) >= 11 is 0. The lowest BCUT2D eigenvalue weighted by atomic mass is 10.0. The minimum absolute atomic E-state index is 0.729. The molecule has 3 aromatic rings. The lowest BCUT2D eigenvalue weighted by Crippen LogP contribution is -2.27. The third kappa shape index (κ3) is 2.63. The van der Waals surface area contributed by atoms with Crippen LogP contribution in [0.5, 0.6) is 0 Å². The van der Waals surface area contributed by atoms with Gasteiger partial charge in [-0.2, -0.15) is 0 Å². The highest BCUT2D eigenvalue weighted by Gasteiger charge is 2.23. The number of nitrogens with zero attached hydrogens (tertiary/aromatic N) is 2. The molecule has 0 spiro atoms. The molecule has 0 aliphatic carbocycles. The van der Waals surface area contributed by atoms with Crippen LogP contribution in [0.3, 0.4) is 0 Å². The number of hydrogen-bond acceptors (Lipinski definition) is 3. The van der Waals surface area contributed by atoms with Gasteiger partial charge in [-0.25, -0.2) is 0 Å². The fraction of sp³-hybridized carbons (Fsp3) is 0.227. The SMILES string of the molecule is Cc1ccc2c(c1)c1c(n2-c2cccc(/C(C=N)=C/N)c2)CCN(C)C1. The number of rotatable bonds is 3. The molecule has 1 aliphatic rings. The van der Waals surface area contributed by atoms with Crippen molar-refractivity contribution in [2.45, 2.75) is 19.9 Å². The van der Waals surface area contributed by atoms with E-state index in [-0.39, 0.29) is 0 Å². The number of likely N-dealkylation sites (N-methyl/N-ethyl adjacent to an activating group) is 1. The second-order valence-electron chi connectivity index (χ2n) is 7.09. The molecule has 0 fully saturated rings. The van der Waals surface area contributed by atoms with E-state index in [4.69, 9.17) is 11.1 Å². The van der Waals surface area contributed by atoms with Crippen LogP contribution in [0.15, 0.2) is 48.7 Å². The third-order valence-corrected chi connectivity index (χ3v) is 5.27. The van der Waals surface area contributed by atoms with Crippen molar-refractivity contribution in [1.82, 2.24) is 9.47 Å². The van der Waals surface area contributed by atoms with Crippen LogP contribution >= 0.6 is 0 Å². The van der Waals surface area contributed by atoms with Crippen molar-refractivity contribution < 1.29 is 0 Å². The average molecular weight is 344 g/mol. The second-order valence-corrected chi connectivity index (χ2v) is 7.09. The Bertz CT molecular complexity index is 1030. The van der Waals surface area contributed by atoms with E-state index < -0.39 is 0 Å². The molecule has 1 aliphatic heterocycles. The Morgan fingerprint density at radius 1 is 1.19 bits per heavy atom. The van der Waals surface area contributed by atoms with E-state index in [1.54, 1.807) is 0 Å². The molecule has 0 radical (unpaired) electrons. The van der Waals surface area contributed by atoms with Crippen molar-refractivity contribution >= 4 is 22.7 Å². The van der Waals surface area contributed by atoms with Crippen LogP contribution in [-0.2, 0) is 13.0 Å². The Hall–Kier alpha value is -2.85. The maximum Gasteiger partial charge on any atom is 0.0535 e. The van der Waals surface area contributed by atoms with Gasteiger partial charge in [-0.05, 0) is 49.4 Å². The number of benzene rings is 2. The summed E-state index contributed by atoms with van der Waals surface area (Å²) in [6.45, 7) is 4.20. The summed E-state index contributed by atoms with van der Waals surface area (Å²) in [6, 6.07) is 15.0. The van der Waals surface area contributed by atoms with Gasteiger partial charge in [-0.3, -0.25) is 0 Å². The number of aryl methyl sites for hydroxylation is 1. The van der Waals surface area contributed by atoms with Gasteiger partial charge in [0.2, 0.25) is 0 Å². The molecule has 1 aromatic heterocycles. The highest BCUT2D eigenvalue weighted by Crippen LogP contribution is 2.34. The zero-order valence-electron chi connectivity index (χ0n) is 15.3. The van der Waals surface area contributed by atoms with E-state index in [1.807, 2.05) is 12.1 Å². The number of allylic oxidation sites excluding steroid dienone is 1. The second kappa shape index (κ2) is 6.46. The molecule has 2 aromatic carbocycles. The average Bonchev–Trinajstić information content (AvgIpc) is 2.96. The Balaban J connectivity index is 1.98. The summed E-state index contributed by atoms with van der Waals surface area (Å²) in [7, 11) is 2.19. The molecule has 4 heteroatoms. The van der Waals surface area contributed by atoms with Crippen molar-refractivity contribution in [2.75, 3.05) is 13.6 Å². The van der Waals surface area contributed by atoms with E-state index >= 15 is 0 Å². The zero-order valence-corrected chi connectivity index (χ0v) is 15.3. The first-order valence-corrected chi connectivity index (χ1v) is 8.97. The summed E-state index contributed by atoms with van der Waals surface area (Å²) in [4.78, 5) is 2.38. The van der Waals surface area contributed by atoms with E-state index in [2.05, 4.69) is 53.8 Å². The van der Waals surface area contributed by atoms with Gasteiger partial charge in [0.05, 0.1) is 5.52 Å². The van der Waals surface area contributed by atoms with Crippen molar-refractivity contribution in [1.29, 1.82) is 5.41 Å². The predicted octanol–water partition coefficient (Wildman–Crippen LogP) is 3.88. The summed E-state index contributed by atoms with van der Waals surface area (Å²) in [5.74, 6) is 0. The van der Waals surface area contributed by atoms with Crippen LogP contribution in [0.1, 0.15) is 22.4 Å². The first-order chi connectivity index (χ1) is 12.6. The van der Waals surface area contributed by atoms with Gasteiger partial charge in [0.1, 0.15) is 0 Å². The monoisotopic (exact) mass is 344 g/mol. The number of aromatic nitrogens is 1. The Morgan fingerprint density at radius 2 is 2.04 bits per heavy atom. The normalized spacial score (nSPS) is 15.2. The van der Waals surface area contributed by atoms with Gasteiger partial charge in [0, 0.05) is 54.3 Å². The molecule has 0 saturated carbocycles. The van der Waals surface area contributed by atoms with Crippen LogP contribution in [0.4, 0.5) is 0 Å². The fourth-order valence-corrected chi connectivity index (χ4v) is 3.95. The number of hydrogen-bond donors (Lipinski definition) is 2. The highest BCUT2D eigenvalue weighted by molar-refractivity contribution is 6.08. The standard InChI is InChI=1S/C22H24N4/c1-15-6-7-21-19(10-15)20-14-25(2)9-8-22(20)26(21)18-5-3-4-16(11-18)17(12-23)13-24/h3-7,10-13,23H,8-9,14,24H2,1-2H3/b17-13+,23-12?. The molecule has 0 amide bonds. The largest absolute Gasteiger partial charge is 0.404 e. The lowest BCUT2D eigenvalue weighted by molar-refractivity contribution is 0.311. The molecule has 0 bridgehead atoms. The quantitative estimate of drug-likeness (QED) is 0.709. The van der Waals surface area contributed by atoms with Crippen LogP contribution in [-0.4, -0.2) is 29.3 Å². The third-order valence-electron chi connectivity index (χ3n) is 5.27.